The summed E-state index contributed by atoms with van der Waals surface area (Å²) >= 11 is 1.59. The minimum absolute atomic E-state index is 0.106. The van der Waals surface area contributed by atoms with Crippen LogP contribution in [0.1, 0.15) is 34.3 Å². The molecule has 128 valence electrons. The van der Waals surface area contributed by atoms with Gasteiger partial charge in [-0.2, -0.15) is 0 Å². The molecule has 1 aromatic heterocycles. The van der Waals surface area contributed by atoms with Gasteiger partial charge in [0.15, 0.2) is 0 Å². The second kappa shape index (κ2) is 8.35. The third-order valence-corrected chi connectivity index (χ3v) is 5.35. The number of hydrogen-bond acceptors (Lipinski definition) is 5. The van der Waals surface area contributed by atoms with E-state index < -0.39 is 0 Å². The summed E-state index contributed by atoms with van der Waals surface area (Å²) in [6.45, 7) is 5.05. The number of hydrogen-bond donors (Lipinski definition) is 1. The van der Waals surface area contributed by atoms with Gasteiger partial charge in [0.2, 0.25) is 5.91 Å². The molecule has 0 saturated carbocycles. The maximum atomic E-state index is 12.1. The molecule has 1 amide bonds. The number of rotatable bonds is 6. The highest BCUT2D eigenvalue weighted by molar-refractivity contribution is 7.11. The van der Waals surface area contributed by atoms with Crippen molar-refractivity contribution in [3.8, 4) is 0 Å². The van der Waals surface area contributed by atoms with Crippen molar-refractivity contribution >= 4 is 17.2 Å². The van der Waals surface area contributed by atoms with E-state index in [0.29, 0.717) is 19.0 Å². The molecule has 1 N–H and O–H groups in total. The molecule has 1 aliphatic heterocycles. The normalized spacial score (nSPS) is 16.2. The molecule has 2 aromatic rings. The highest BCUT2D eigenvalue weighted by Crippen LogP contribution is 2.27. The molecule has 1 saturated heterocycles. The number of aryl methyl sites for hydroxylation is 1. The summed E-state index contributed by atoms with van der Waals surface area (Å²) in [6, 6.07) is 10.7. The Morgan fingerprint density at radius 2 is 2.00 bits per heavy atom. The first-order valence-corrected chi connectivity index (χ1v) is 9.35. The van der Waals surface area contributed by atoms with Crippen LogP contribution in [-0.2, 0) is 11.2 Å². The molecule has 0 unspecified atom stereocenters. The molecular formula is C18H24N4OS. The zero-order valence-electron chi connectivity index (χ0n) is 14.1. The maximum Gasteiger partial charge on any atom is 0.234 e. The monoisotopic (exact) mass is 344 g/mol. The summed E-state index contributed by atoms with van der Waals surface area (Å²) in [5, 5.41) is 13.0. The Kier molecular flexibility index (Phi) is 5.93. The highest BCUT2D eigenvalue weighted by Gasteiger charge is 2.21. The van der Waals surface area contributed by atoms with Gasteiger partial charge in [-0.15, -0.1) is 21.5 Å². The fourth-order valence-corrected chi connectivity index (χ4v) is 3.86. The van der Waals surface area contributed by atoms with E-state index in [-0.39, 0.29) is 5.91 Å². The minimum Gasteiger partial charge on any atom is -0.355 e. The minimum atomic E-state index is 0.106. The zero-order chi connectivity index (χ0) is 16.8. The molecule has 0 atom stereocenters. The van der Waals surface area contributed by atoms with Gasteiger partial charge >= 0.3 is 0 Å². The highest BCUT2D eigenvalue weighted by atomic mass is 32.1. The molecule has 1 aromatic carbocycles. The average molecular weight is 344 g/mol. The Morgan fingerprint density at radius 3 is 2.67 bits per heavy atom. The molecule has 1 aliphatic rings. The largest absolute Gasteiger partial charge is 0.355 e. The van der Waals surface area contributed by atoms with Gasteiger partial charge in [0.05, 0.1) is 6.54 Å². The van der Waals surface area contributed by atoms with Gasteiger partial charge in [0.1, 0.15) is 10.0 Å². The summed E-state index contributed by atoms with van der Waals surface area (Å²) in [6.07, 6.45) is 3.01. The lowest BCUT2D eigenvalue weighted by Gasteiger charge is -2.31. The number of carbonyl (C=O) groups is 1. The van der Waals surface area contributed by atoms with Crippen LogP contribution in [0.2, 0.25) is 0 Å². The van der Waals surface area contributed by atoms with Gasteiger partial charge in [0.25, 0.3) is 0 Å². The molecule has 1 fully saturated rings. The van der Waals surface area contributed by atoms with Gasteiger partial charge in [-0.1, -0.05) is 30.3 Å². The summed E-state index contributed by atoms with van der Waals surface area (Å²) in [4.78, 5) is 14.3. The van der Waals surface area contributed by atoms with Gasteiger partial charge in [-0.05, 0) is 44.3 Å². The van der Waals surface area contributed by atoms with Crippen LogP contribution in [0.4, 0.5) is 0 Å². The van der Waals surface area contributed by atoms with E-state index in [1.807, 2.05) is 6.92 Å². The van der Waals surface area contributed by atoms with Gasteiger partial charge in [0, 0.05) is 13.0 Å². The van der Waals surface area contributed by atoms with Crippen LogP contribution in [0.5, 0.6) is 0 Å². The number of amides is 1. The van der Waals surface area contributed by atoms with Crippen LogP contribution in [0, 0.1) is 6.92 Å². The summed E-state index contributed by atoms with van der Waals surface area (Å²) in [5.74, 6) is 0.737. The maximum absolute atomic E-state index is 12.1. The Morgan fingerprint density at radius 1 is 1.25 bits per heavy atom. The quantitative estimate of drug-likeness (QED) is 0.874. The number of likely N-dealkylation sites (tertiary alicyclic amines) is 1. The molecule has 5 nitrogen and oxygen atoms in total. The van der Waals surface area contributed by atoms with Gasteiger partial charge < -0.3 is 5.32 Å². The fourth-order valence-electron chi connectivity index (χ4n) is 3.16. The Bertz CT molecular complexity index is 650. The Labute approximate surface area is 147 Å². The number of aromatic nitrogens is 2. The molecule has 0 bridgehead atoms. The number of nitrogens with one attached hydrogen (secondary N) is 1. The Balaban J connectivity index is 1.35. The van der Waals surface area contributed by atoms with Crippen LogP contribution in [0.15, 0.2) is 30.3 Å². The van der Waals surface area contributed by atoms with Crippen molar-refractivity contribution in [1.29, 1.82) is 0 Å². The zero-order valence-corrected chi connectivity index (χ0v) is 14.9. The fraction of sp³-hybridized carbons (Fsp3) is 0.500. The van der Waals surface area contributed by atoms with E-state index in [2.05, 4.69) is 50.7 Å². The van der Waals surface area contributed by atoms with Crippen LogP contribution in [0.25, 0.3) is 0 Å². The van der Waals surface area contributed by atoms with Crippen LogP contribution in [0.3, 0.4) is 0 Å². The third kappa shape index (κ3) is 4.85. The molecule has 0 radical (unpaired) electrons. The molecule has 6 heteroatoms. The standard InChI is InChI=1S/C18H24N4OS/c1-14-20-21-18(24-14)7-10-19-17(23)13-22-11-8-16(9-12-22)15-5-3-2-4-6-15/h2-6,16H,7-13H2,1H3,(H,19,23). The van der Waals surface area contributed by atoms with Crippen molar-refractivity contribution in [3.63, 3.8) is 0 Å². The number of piperidine rings is 1. The van der Waals surface area contributed by atoms with E-state index in [0.717, 1.165) is 42.4 Å². The van der Waals surface area contributed by atoms with Gasteiger partial charge in [-0.3, -0.25) is 9.69 Å². The van der Waals surface area contributed by atoms with Crippen molar-refractivity contribution in [1.82, 2.24) is 20.4 Å². The Hall–Kier alpha value is -1.79. The van der Waals surface area contributed by atoms with Crippen LogP contribution < -0.4 is 5.32 Å². The number of carbonyl (C=O) groups excluding carboxylic acids is 1. The predicted octanol–water partition coefficient (Wildman–Crippen LogP) is 2.38. The van der Waals surface area contributed by atoms with Crippen molar-refractivity contribution in [2.75, 3.05) is 26.2 Å². The van der Waals surface area contributed by atoms with E-state index in [1.165, 1.54) is 5.56 Å². The van der Waals surface area contributed by atoms with Crippen molar-refractivity contribution < 1.29 is 4.79 Å². The summed E-state index contributed by atoms with van der Waals surface area (Å²) < 4.78 is 0. The first-order valence-electron chi connectivity index (χ1n) is 8.53. The van der Waals surface area contributed by atoms with Crippen molar-refractivity contribution in [2.24, 2.45) is 0 Å². The molecule has 24 heavy (non-hydrogen) atoms. The van der Waals surface area contributed by atoms with E-state index >= 15 is 0 Å². The molecule has 3 rings (SSSR count). The van der Waals surface area contributed by atoms with Crippen LogP contribution in [-0.4, -0.2) is 47.2 Å². The lowest BCUT2D eigenvalue weighted by molar-refractivity contribution is -0.122. The molecular weight excluding hydrogens is 320 g/mol. The lowest BCUT2D eigenvalue weighted by atomic mass is 9.89. The van der Waals surface area contributed by atoms with E-state index in [1.54, 1.807) is 11.3 Å². The molecule has 0 aliphatic carbocycles. The predicted molar refractivity (Wildman–Crippen MR) is 96.2 cm³/mol. The van der Waals surface area contributed by atoms with E-state index in [9.17, 15) is 4.79 Å². The third-order valence-electron chi connectivity index (χ3n) is 4.45. The first kappa shape index (κ1) is 17.0. The summed E-state index contributed by atoms with van der Waals surface area (Å²) in [7, 11) is 0. The first-order chi connectivity index (χ1) is 11.7. The molecule has 0 spiro atoms. The molecule has 2 heterocycles. The van der Waals surface area contributed by atoms with Gasteiger partial charge in [-0.25, -0.2) is 0 Å². The van der Waals surface area contributed by atoms with E-state index in [4.69, 9.17) is 0 Å². The smallest absolute Gasteiger partial charge is 0.234 e. The topological polar surface area (TPSA) is 58.1 Å². The van der Waals surface area contributed by atoms with Crippen molar-refractivity contribution in [3.05, 3.63) is 45.9 Å². The SMILES string of the molecule is Cc1nnc(CCNC(=O)CN2CCC(c3ccccc3)CC2)s1. The number of nitrogens with zero attached hydrogens (tertiary/aromatic N) is 3. The number of benzene rings is 1. The second-order valence-electron chi connectivity index (χ2n) is 6.28. The van der Waals surface area contributed by atoms with Crippen LogP contribution >= 0.6 is 11.3 Å². The average Bonchev–Trinajstić information content (AvgIpc) is 3.02. The second-order valence-corrected chi connectivity index (χ2v) is 7.54. The summed E-state index contributed by atoms with van der Waals surface area (Å²) in [5.41, 5.74) is 1.42. The lowest BCUT2D eigenvalue weighted by Crippen LogP contribution is -2.41. The van der Waals surface area contributed by atoms with Crippen molar-refractivity contribution in [2.45, 2.75) is 32.1 Å².